The molecule has 0 aliphatic carbocycles. The fraction of sp³-hybridized carbons (Fsp3) is 0.0909. The molecule has 0 fully saturated rings. The van der Waals surface area contributed by atoms with Crippen LogP contribution in [0.5, 0.6) is 0 Å². The van der Waals surface area contributed by atoms with Gasteiger partial charge in [0.25, 0.3) is 5.91 Å². The van der Waals surface area contributed by atoms with Crippen molar-refractivity contribution in [1.29, 1.82) is 0 Å². The summed E-state index contributed by atoms with van der Waals surface area (Å²) in [5, 5.41) is 2.74. The van der Waals surface area contributed by atoms with Gasteiger partial charge in [-0.2, -0.15) is 0 Å². The van der Waals surface area contributed by atoms with E-state index in [0.29, 0.717) is 11.3 Å². The second-order valence-corrected chi connectivity index (χ2v) is 6.65. The van der Waals surface area contributed by atoms with E-state index < -0.39 is 5.97 Å². The highest BCUT2D eigenvalue weighted by atomic mass is 32.2. The first-order valence-corrected chi connectivity index (χ1v) is 9.65. The summed E-state index contributed by atoms with van der Waals surface area (Å²) in [5.41, 5.74) is 2.80. The molecule has 3 aromatic rings. The fourth-order valence-electron chi connectivity index (χ4n) is 2.64. The van der Waals surface area contributed by atoms with E-state index in [1.165, 1.54) is 0 Å². The summed E-state index contributed by atoms with van der Waals surface area (Å²) in [4.78, 5) is 25.6. The van der Waals surface area contributed by atoms with Gasteiger partial charge < -0.3 is 10.1 Å². The lowest BCUT2D eigenvalue weighted by Crippen LogP contribution is -2.21. The lowest BCUT2D eigenvalue weighted by Gasteiger charge is -2.10. The number of benzene rings is 3. The zero-order valence-corrected chi connectivity index (χ0v) is 15.7. The summed E-state index contributed by atoms with van der Waals surface area (Å²) < 4.78 is 5.22. The van der Waals surface area contributed by atoms with Gasteiger partial charge in [0.05, 0.1) is 5.56 Å². The molecule has 3 rings (SSSR count). The van der Waals surface area contributed by atoms with Crippen molar-refractivity contribution in [2.45, 2.75) is 4.90 Å². The monoisotopic (exact) mass is 377 g/mol. The van der Waals surface area contributed by atoms with Crippen molar-refractivity contribution in [3.63, 3.8) is 0 Å². The van der Waals surface area contributed by atoms with Gasteiger partial charge in [-0.15, -0.1) is 11.8 Å². The predicted molar refractivity (Wildman–Crippen MR) is 109 cm³/mol. The van der Waals surface area contributed by atoms with Gasteiger partial charge >= 0.3 is 5.97 Å². The van der Waals surface area contributed by atoms with Crippen LogP contribution in [0.15, 0.2) is 83.8 Å². The highest BCUT2D eigenvalue weighted by molar-refractivity contribution is 7.98. The topological polar surface area (TPSA) is 55.4 Å². The summed E-state index contributed by atoms with van der Waals surface area (Å²) in [6.07, 6.45) is 1.97. The highest BCUT2D eigenvalue weighted by Crippen LogP contribution is 2.24. The summed E-state index contributed by atoms with van der Waals surface area (Å²) in [5.74, 6) is -0.902. The van der Waals surface area contributed by atoms with Crippen LogP contribution in [0, 0.1) is 0 Å². The summed E-state index contributed by atoms with van der Waals surface area (Å²) in [6.45, 7) is -0.342. The van der Waals surface area contributed by atoms with Crippen LogP contribution in [0.2, 0.25) is 0 Å². The number of anilines is 1. The molecular formula is C22H19NO3S. The van der Waals surface area contributed by atoms with E-state index >= 15 is 0 Å². The molecule has 4 nitrogen and oxygen atoms in total. The average molecular weight is 377 g/mol. The first-order chi connectivity index (χ1) is 13.2. The number of esters is 1. The van der Waals surface area contributed by atoms with E-state index in [-0.39, 0.29) is 12.5 Å². The van der Waals surface area contributed by atoms with Crippen molar-refractivity contribution in [3.05, 3.63) is 84.4 Å². The molecule has 5 heteroatoms. The van der Waals surface area contributed by atoms with Crippen LogP contribution in [-0.4, -0.2) is 24.7 Å². The minimum atomic E-state index is -0.525. The quantitative estimate of drug-likeness (QED) is 0.492. The predicted octanol–water partition coefficient (Wildman–Crippen LogP) is 4.87. The van der Waals surface area contributed by atoms with Crippen molar-refractivity contribution in [2.24, 2.45) is 0 Å². The number of hydrogen-bond donors (Lipinski definition) is 1. The average Bonchev–Trinajstić information content (AvgIpc) is 2.73. The standard InChI is InChI=1S/C22H19NO3S/c1-27-18-11-7-10-17(14-18)23-21(24)15-26-22(25)20-13-6-5-12-19(20)16-8-3-2-4-9-16/h2-14H,15H2,1H3,(H,23,24). The minimum absolute atomic E-state index is 0.342. The highest BCUT2D eigenvalue weighted by Gasteiger charge is 2.15. The van der Waals surface area contributed by atoms with Crippen LogP contribution in [0.3, 0.4) is 0 Å². The maximum atomic E-state index is 12.5. The normalized spacial score (nSPS) is 10.3. The van der Waals surface area contributed by atoms with E-state index in [0.717, 1.165) is 16.0 Å². The fourth-order valence-corrected chi connectivity index (χ4v) is 3.10. The van der Waals surface area contributed by atoms with E-state index in [2.05, 4.69) is 5.32 Å². The SMILES string of the molecule is CSc1cccc(NC(=O)COC(=O)c2ccccc2-c2ccccc2)c1. The zero-order chi connectivity index (χ0) is 19.1. The summed E-state index contributed by atoms with van der Waals surface area (Å²) in [7, 11) is 0. The molecule has 0 spiro atoms. The number of rotatable bonds is 6. The maximum absolute atomic E-state index is 12.5. The van der Waals surface area contributed by atoms with Gasteiger partial charge in [0, 0.05) is 10.6 Å². The molecule has 0 unspecified atom stereocenters. The molecule has 1 amide bonds. The maximum Gasteiger partial charge on any atom is 0.339 e. The number of thioether (sulfide) groups is 1. The lowest BCUT2D eigenvalue weighted by molar-refractivity contribution is -0.119. The molecule has 3 aromatic carbocycles. The Bertz CT molecular complexity index is 941. The number of nitrogens with one attached hydrogen (secondary N) is 1. The number of hydrogen-bond acceptors (Lipinski definition) is 4. The second kappa shape index (κ2) is 9.05. The Balaban J connectivity index is 1.65. The number of amides is 1. The Morgan fingerprint density at radius 2 is 1.67 bits per heavy atom. The molecule has 0 aliphatic heterocycles. The molecule has 0 saturated heterocycles. The molecule has 136 valence electrons. The second-order valence-electron chi connectivity index (χ2n) is 5.77. The smallest absolute Gasteiger partial charge is 0.339 e. The Morgan fingerprint density at radius 3 is 2.44 bits per heavy atom. The number of carbonyl (C=O) groups excluding carboxylic acids is 2. The Labute approximate surface area is 162 Å². The molecule has 0 atom stereocenters. The third-order valence-electron chi connectivity index (χ3n) is 3.92. The van der Waals surface area contributed by atoms with Crippen molar-refractivity contribution in [1.82, 2.24) is 0 Å². The summed E-state index contributed by atoms with van der Waals surface area (Å²) in [6, 6.07) is 24.3. The molecule has 0 saturated carbocycles. The van der Waals surface area contributed by atoms with Crippen molar-refractivity contribution in [3.8, 4) is 11.1 Å². The Morgan fingerprint density at radius 1 is 0.926 bits per heavy atom. The molecule has 0 radical (unpaired) electrons. The van der Waals surface area contributed by atoms with Crippen LogP contribution in [0.25, 0.3) is 11.1 Å². The van der Waals surface area contributed by atoms with Gasteiger partial charge in [-0.1, -0.05) is 54.6 Å². The first-order valence-electron chi connectivity index (χ1n) is 8.43. The van der Waals surface area contributed by atoms with Crippen LogP contribution >= 0.6 is 11.8 Å². The molecule has 27 heavy (non-hydrogen) atoms. The number of carbonyl (C=O) groups is 2. The van der Waals surface area contributed by atoms with E-state index in [1.807, 2.05) is 66.9 Å². The van der Waals surface area contributed by atoms with Crippen LogP contribution < -0.4 is 5.32 Å². The minimum Gasteiger partial charge on any atom is -0.452 e. The van der Waals surface area contributed by atoms with Crippen molar-refractivity contribution in [2.75, 3.05) is 18.2 Å². The van der Waals surface area contributed by atoms with E-state index in [9.17, 15) is 9.59 Å². The number of ether oxygens (including phenoxy) is 1. The lowest BCUT2D eigenvalue weighted by atomic mass is 10.00. The molecule has 1 N–H and O–H groups in total. The van der Waals surface area contributed by atoms with Crippen molar-refractivity contribution < 1.29 is 14.3 Å². The molecule has 0 bridgehead atoms. The Hall–Kier alpha value is -3.05. The van der Waals surface area contributed by atoms with Crippen LogP contribution in [0.1, 0.15) is 10.4 Å². The molecule has 0 heterocycles. The third-order valence-corrected chi connectivity index (χ3v) is 4.64. The molecule has 0 aromatic heterocycles. The van der Waals surface area contributed by atoms with Crippen LogP contribution in [0.4, 0.5) is 5.69 Å². The summed E-state index contributed by atoms with van der Waals surface area (Å²) >= 11 is 1.59. The Kier molecular flexibility index (Phi) is 6.28. The van der Waals surface area contributed by atoms with Gasteiger partial charge in [0.1, 0.15) is 0 Å². The van der Waals surface area contributed by atoms with Gasteiger partial charge in [0.15, 0.2) is 6.61 Å². The van der Waals surface area contributed by atoms with Gasteiger partial charge in [-0.3, -0.25) is 4.79 Å². The third kappa shape index (κ3) is 4.99. The zero-order valence-electron chi connectivity index (χ0n) is 14.8. The molecular weight excluding hydrogens is 358 g/mol. The van der Waals surface area contributed by atoms with Gasteiger partial charge in [-0.25, -0.2) is 4.79 Å². The van der Waals surface area contributed by atoms with Gasteiger partial charge in [0.2, 0.25) is 0 Å². The van der Waals surface area contributed by atoms with E-state index in [4.69, 9.17) is 4.74 Å². The first kappa shape index (κ1) is 18.7. The van der Waals surface area contributed by atoms with Gasteiger partial charge in [-0.05, 0) is 41.6 Å². The van der Waals surface area contributed by atoms with E-state index in [1.54, 1.807) is 30.0 Å². The molecule has 0 aliphatic rings. The van der Waals surface area contributed by atoms with Crippen molar-refractivity contribution >= 4 is 29.3 Å². The largest absolute Gasteiger partial charge is 0.452 e. The van der Waals surface area contributed by atoms with Crippen LogP contribution in [-0.2, 0) is 9.53 Å².